The first-order valence-corrected chi connectivity index (χ1v) is 6.36. The minimum Gasteiger partial charge on any atom is -0.394 e. The van der Waals surface area contributed by atoms with Gasteiger partial charge in [-0.3, -0.25) is 4.90 Å². The minimum atomic E-state index is -0.0402. The van der Waals surface area contributed by atoms with Crippen LogP contribution in [0.3, 0.4) is 0 Å². The topological polar surface area (TPSA) is 48.5 Å². The zero-order chi connectivity index (χ0) is 12.4. The van der Waals surface area contributed by atoms with Gasteiger partial charge in [0.25, 0.3) is 0 Å². The van der Waals surface area contributed by atoms with E-state index in [1.165, 1.54) is 16.5 Å². The number of H-pyrrole nitrogens is 1. The number of nitrogens with zero attached hydrogens (tertiary/aromatic N) is 1. The van der Waals surface area contributed by atoms with Gasteiger partial charge >= 0.3 is 0 Å². The van der Waals surface area contributed by atoms with E-state index in [-0.39, 0.29) is 12.7 Å². The number of hydrogen-bond acceptors (Lipinski definition) is 3. The zero-order valence-corrected chi connectivity index (χ0v) is 10.3. The lowest BCUT2D eigenvalue weighted by molar-refractivity contribution is -0.0550. The summed E-state index contributed by atoms with van der Waals surface area (Å²) in [6, 6.07) is 8.46. The van der Waals surface area contributed by atoms with E-state index in [1.807, 2.05) is 6.20 Å². The van der Waals surface area contributed by atoms with E-state index >= 15 is 0 Å². The summed E-state index contributed by atoms with van der Waals surface area (Å²) in [7, 11) is 0. The highest BCUT2D eigenvalue weighted by atomic mass is 16.5. The molecule has 18 heavy (non-hydrogen) atoms. The predicted molar refractivity (Wildman–Crippen MR) is 70.4 cm³/mol. The number of fused-ring (bicyclic) bond motifs is 1. The molecule has 96 valence electrons. The van der Waals surface area contributed by atoms with Crippen molar-refractivity contribution in [1.82, 2.24) is 9.88 Å². The van der Waals surface area contributed by atoms with Crippen LogP contribution in [-0.2, 0) is 11.3 Å². The largest absolute Gasteiger partial charge is 0.394 e. The zero-order valence-electron chi connectivity index (χ0n) is 10.3. The van der Waals surface area contributed by atoms with E-state index in [1.54, 1.807) is 0 Å². The van der Waals surface area contributed by atoms with Crippen LogP contribution in [0.1, 0.15) is 5.56 Å². The van der Waals surface area contributed by atoms with E-state index in [0.717, 1.165) is 19.6 Å². The number of aromatic amines is 1. The van der Waals surface area contributed by atoms with Crippen LogP contribution in [-0.4, -0.2) is 47.4 Å². The Kier molecular flexibility index (Phi) is 3.32. The van der Waals surface area contributed by atoms with Gasteiger partial charge in [-0.1, -0.05) is 18.2 Å². The number of aromatic nitrogens is 1. The van der Waals surface area contributed by atoms with E-state index in [4.69, 9.17) is 9.84 Å². The fourth-order valence-electron chi connectivity index (χ4n) is 2.56. The van der Waals surface area contributed by atoms with Gasteiger partial charge in [0.1, 0.15) is 0 Å². The normalized spacial score (nSPS) is 21.5. The third-order valence-electron chi connectivity index (χ3n) is 3.49. The van der Waals surface area contributed by atoms with Crippen molar-refractivity contribution in [3.8, 4) is 0 Å². The third-order valence-corrected chi connectivity index (χ3v) is 3.49. The summed E-state index contributed by atoms with van der Waals surface area (Å²) in [5.74, 6) is 0. The molecule has 1 aromatic carbocycles. The number of aliphatic hydroxyl groups is 1. The van der Waals surface area contributed by atoms with Crippen molar-refractivity contribution in [2.45, 2.75) is 12.6 Å². The van der Waals surface area contributed by atoms with Gasteiger partial charge in [-0.05, 0) is 17.0 Å². The predicted octanol–water partition coefficient (Wildman–Crippen LogP) is 1.36. The molecule has 4 nitrogen and oxygen atoms in total. The molecule has 1 atom stereocenters. The van der Waals surface area contributed by atoms with E-state index in [0.29, 0.717) is 6.61 Å². The smallest absolute Gasteiger partial charge is 0.0933 e. The van der Waals surface area contributed by atoms with Gasteiger partial charge in [-0.25, -0.2) is 0 Å². The Labute approximate surface area is 106 Å². The van der Waals surface area contributed by atoms with Crippen LogP contribution in [0.2, 0.25) is 0 Å². The number of hydrogen-bond donors (Lipinski definition) is 2. The lowest BCUT2D eigenvalue weighted by atomic mass is 10.1. The number of morpholine rings is 1. The van der Waals surface area contributed by atoms with Crippen molar-refractivity contribution in [3.63, 3.8) is 0 Å². The van der Waals surface area contributed by atoms with Crippen molar-refractivity contribution in [2.75, 3.05) is 26.3 Å². The Morgan fingerprint density at radius 3 is 3.22 bits per heavy atom. The average molecular weight is 246 g/mol. The van der Waals surface area contributed by atoms with Crippen molar-refractivity contribution in [3.05, 3.63) is 36.0 Å². The number of para-hydroxylation sites is 1. The maximum absolute atomic E-state index is 9.16. The molecule has 0 radical (unpaired) electrons. The van der Waals surface area contributed by atoms with Crippen LogP contribution >= 0.6 is 0 Å². The van der Waals surface area contributed by atoms with Crippen molar-refractivity contribution in [2.24, 2.45) is 0 Å². The van der Waals surface area contributed by atoms with Gasteiger partial charge in [0.05, 0.1) is 19.3 Å². The Hall–Kier alpha value is -1.36. The van der Waals surface area contributed by atoms with Gasteiger partial charge in [0.2, 0.25) is 0 Å². The summed E-state index contributed by atoms with van der Waals surface area (Å²) in [5.41, 5.74) is 2.51. The molecule has 0 spiro atoms. The number of benzene rings is 1. The van der Waals surface area contributed by atoms with Gasteiger partial charge in [0.15, 0.2) is 0 Å². The van der Waals surface area contributed by atoms with Gasteiger partial charge in [-0.15, -0.1) is 0 Å². The minimum absolute atomic E-state index is 0.0402. The monoisotopic (exact) mass is 246 g/mol. The molecular formula is C14H18N2O2. The standard InChI is InChI=1S/C14H18N2O2/c17-10-13-9-16(6-7-18-13)8-12-3-1-2-11-4-5-15-14(11)12/h1-5,13,15,17H,6-10H2. The molecule has 2 heterocycles. The van der Waals surface area contributed by atoms with E-state index in [9.17, 15) is 0 Å². The quantitative estimate of drug-likeness (QED) is 0.859. The molecule has 4 heteroatoms. The molecule has 1 saturated heterocycles. The van der Waals surface area contributed by atoms with Crippen molar-refractivity contribution < 1.29 is 9.84 Å². The lowest BCUT2D eigenvalue weighted by Crippen LogP contribution is -2.43. The summed E-state index contributed by atoms with van der Waals surface area (Å²) in [5, 5.41) is 10.4. The second-order valence-electron chi connectivity index (χ2n) is 4.77. The second kappa shape index (κ2) is 5.10. The van der Waals surface area contributed by atoms with Crippen molar-refractivity contribution in [1.29, 1.82) is 0 Å². The molecule has 0 bridgehead atoms. The van der Waals surface area contributed by atoms with Crippen molar-refractivity contribution >= 4 is 10.9 Å². The summed E-state index contributed by atoms with van der Waals surface area (Å²) in [6.45, 7) is 3.42. The van der Waals surface area contributed by atoms with Crippen LogP contribution in [0.4, 0.5) is 0 Å². The Morgan fingerprint density at radius 1 is 1.39 bits per heavy atom. The Morgan fingerprint density at radius 2 is 2.33 bits per heavy atom. The fraction of sp³-hybridized carbons (Fsp3) is 0.429. The van der Waals surface area contributed by atoms with Crippen LogP contribution < -0.4 is 0 Å². The molecule has 2 N–H and O–H groups in total. The highest BCUT2D eigenvalue weighted by molar-refractivity contribution is 5.82. The van der Waals surface area contributed by atoms with Crippen LogP contribution in [0.5, 0.6) is 0 Å². The number of ether oxygens (including phenoxy) is 1. The Bertz CT molecular complexity index is 523. The van der Waals surface area contributed by atoms with Gasteiger partial charge in [-0.2, -0.15) is 0 Å². The molecule has 1 unspecified atom stereocenters. The van der Waals surface area contributed by atoms with E-state index < -0.39 is 0 Å². The highest BCUT2D eigenvalue weighted by Crippen LogP contribution is 2.19. The highest BCUT2D eigenvalue weighted by Gasteiger charge is 2.20. The molecule has 1 aliphatic heterocycles. The average Bonchev–Trinajstić information content (AvgIpc) is 2.88. The summed E-state index contributed by atoms with van der Waals surface area (Å²) in [4.78, 5) is 5.63. The molecule has 1 aromatic heterocycles. The summed E-state index contributed by atoms with van der Waals surface area (Å²) < 4.78 is 5.47. The first kappa shape index (κ1) is 11.7. The Balaban J connectivity index is 1.77. The van der Waals surface area contributed by atoms with E-state index in [2.05, 4.69) is 34.1 Å². The fourth-order valence-corrected chi connectivity index (χ4v) is 2.56. The molecule has 3 rings (SSSR count). The molecule has 2 aromatic rings. The first-order valence-electron chi connectivity index (χ1n) is 6.36. The molecule has 0 saturated carbocycles. The lowest BCUT2D eigenvalue weighted by Gasteiger charge is -2.32. The summed E-state index contributed by atoms with van der Waals surface area (Å²) >= 11 is 0. The number of aliphatic hydroxyl groups excluding tert-OH is 1. The van der Waals surface area contributed by atoms with Crippen LogP contribution in [0, 0.1) is 0 Å². The number of nitrogens with one attached hydrogen (secondary N) is 1. The molecule has 0 aliphatic carbocycles. The molecular weight excluding hydrogens is 228 g/mol. The number of rotatable bonds is 3. The SMILES string of the molecule is OCC1CN(Cc2cccc3cc[nH]c23)CCO1. The second-order valence-corrected chi connectivity index (χ2v) is 4.77. The summed E-state index contributed by atoms with van der Waals surface area (Å²) in [6.07, 6.45) is 1.94. The molecule has 1 aliphatic rings. The maximum Gasteiger partial charge on any atom is 0.0933 e. The van der Waals surface area contributed by atoms with Crippen LogP contribution in [0.25, 0.3) is 10.9 Å². The molecule has 0 amide bonds. The van der Waals surface area contributed by atoms with Crippen LogP contribution in [0.15, 0.2) is 30.5 Å². The van der Waals surface area contributed by atoms with Gasteiger partial charge < -0.3 is 14.8 Å². The van der Waals surface area contributed by atoms with Gasteiger partial charge in [0, 0.05) is 31.3 Å². The molecule has 1 fully saturated rings. The third kappa shape index (κ3) is 2.27. The maximum atomic E-state index is 9.16. The first-order chi connectivity index (χ1) is 8.86.